The Kier molecular flexibility index (Phi) is 5.37. The summed E-state index contributed by atoms with van der Waals surface area (Å²) < 4.78 is 1.31. The number of aromatic nitrogens is 4. The first-order valence-corrected chi connectivity index (χ1v) is 9.22. The Hall–Kier alpha value is -2.67. The van der Waals surface area contributed by atoms with Crippen molar-refractivity contribution in [3.05, 3.63) is 54.9 Å². The van der Waals surface area contributed by atoms with Gasteiger partial charge >= 0.3 is 0 Å². The van der Waals surface area contributed by atoms with Gasteiger partial charge in [0.2, 0.25) is 5.91 Å². The minimum Gasteiger partial charge on any atom is -0.325 e. The van der Waals surface area contributed by atoms with Gasteiger partial charge in [0, 0.05) is 30.2 Å². The van der Waals surface area contributed by atoms with Gasteiger partial charge in [-0.3, -0.25) is 9.78 Å². The molecule has 6 nitrogen and oxygen atoms in total. The third kappa shape index (κ3) is 3.94. The van der Waals surface area contributed by atoms with Gasteiger partial charge in [-0.2, -0.15) is 0 Å². The summed E-state index contributed by atoms with van der Waals surface area (Å²) in [5, 5.41) is 12.3. The molecule has 3 rings (SSSR count). The first-order chi connectivity index (χ1) is 12.5. The summed E-state index contributed by atoms with van der Waals surface area (Å²) in [7, 11) is 0. The minimum absolute atomic E-state index is 0.0789. The molecular formula is C19H21N5OS. The molecule has 0 spiro atoms. The minimum atomic E-state index is -0.703. The lowest BCUT2D eigenvalue weighted by atomic mass is 10.2. The van der Waals surface area contributed by atoms with Crippen molar-refractivity contribution in [3.63, 3.8) is 0 Å². The number of para-hydroxylation sites is 1. The summed E-state index contributed by atoms with van der Waals surface area (Å²) >= 11 is 1.40. The average Bonchev–Trinajstić information content (AvgIpc) is 3.05. The van der Waals surface area contributed by atoms with E-state index in [1.807, 2.05) is 67.8 Å². The van der Waals surface area contributed by atoms with Crippen molar-refractivity contribution in [2.45, 2.75) is 37.2 Å². The van der Waals surface area contributed by atoms with Gasteiger partial charge in [-0.05, 0) is 45.0 Å². The van der Waals surface area contributed by atoms with E-state index in [4.69, 9.17) is 0 Å². The summed E-state index contributed by atoms with van der Waals surface area (Å²) in [5.74, 6) is 0.696. The predicted molar refractivity (Wildman–Crippen MR) is 104 cm³/mol. The van der Waals surface area contributed by atoms with Crippen molar-refractivity contribution >= 4 is 23.4 Å². The molecule has 0 fully saturated rings. The summed E-state index contributed by atoms with van der Waals surface area (Å²) in [6.07, 6.45) is 3.46. The number of carbonyl (C=O) groups is 1. The highest BCUT2D eigenvalue weighted by atomic mass is 32.2. The van der Waals surface area contributed by atoms with Crippen LogP contribution in [0.1, 0.15) is 20.8 Å². The van der Waals surface area contributed by atoms with Crippen LogP contribution < -0.4 is 5.32 Å². The van der Waals surface area contributed by atoms with Crippen molar-refractivity contribution in [2.75, 3.05) is 5.32 Å². The molecule has 2 heterocycles. The number of anilines is 1. The Labute approximate surface area is 157 Å². The van der Waals surface area contributed by atoms with Crippen LogP contribution in [0.15, 0.2) is 60.0 Å². The maximum absolute atomic E-state index is 12.7. The van der Waals surface area contributed by atoms with E-state index in [9.17, 15) is 4.79 Å². The molecule has 2 aromatic heterocycles. The van der Waals surface area contributed by atoms with Gasteiger partial charge in [-0.15, -0.1) is 10.2 Å². The van der Waals surface area contributed by atoms with Crippen LogP contribution in [-0.4, -0.2) is 30.4 Å². The first kappa shape index (κ1) is 18.1. The fourth-order valence-electron chi connectivity index (χ4n) is 2.44. The lowest BCUT2D eigenvalue weighted by molar-refractivity contribution is -0.117. The van der Waals surface area contributed by atoms with E-state index in [0.29, 0.717) is 11.7 Å². The Morgan fingerprint density at radius 2 is 1.81 bits per heavy atom. The molecule has 134 valence electrons. The summed E-state index contributed by atoms with van der Waals surface area (Å²) in [6, 6.07) is 13.2. The second-order valence-electron chi connectivity index (χ2n) is 6.22. The van der Waals surface area contributed by atoms with Gasteiger partial charge in [0.05, 0.1) is 4.75 Å². The van der Waals surface area contributed by atoms with Crippen molar-refractivity contribution in [3.8, 4) is 11.4 Å². The third-order valence-electron chi connectivity index (χ3n) is 3.90. The molecule has 7 heteroatoms. The van der Waals surface area contributed by atoms with Crippen LogP contribution in [0.2, 0.25) is 0 Å². The molecule has 1 aromatic carbocycles. The lowest BCUT2D eigenvalue weighted by Crippen LogP contribution is -2.34. The number of pyridine rings is 1. The van der Waals surface area contributed by atoms with Crippen LogP contribution in [0.4, 0.5) is 5.69 Å². The van der Waals surface area contributed by atoms with E-state index in [0.717, 1.165) is 17.1 Å². The first-order valence-electron chi connectivity index (χ1n) is 8.40. The number of thioether (sulfide) groups is 1. The number of hydrogen-bond donors (Lipinski definition) is 1. The maximum Gasteiger partial charge on any atom is 0.240 e. The monoisotopic (exact) mass is 367 g/mol. The highest BCUT2D eigenvalue weighted by Gasteiger charge is 2.32. The molecule has 0 radical (unpaired) electrons. The summed E-state index contributed by atoms with van der Waals surface area (Å²) in [5.41, 5.74) is 1.73. The topological polar surface area (TPSA) is 72.7 Å². The Balaban J connectivity index is 1.81. The average molecular weight is 367 g/mol. The van der Waals surface area contributed by atoms with E-state index >= 15 is 0 Å². The molecule has 0 aliphatic carbocycles. The number of nitrogens with zero attached hydrogens (tertiary/aromatic N) is 4. The Morgan fingerprint density at radius 1 is 1.12 bits per heavy atom. The van der Waals surface area contributed by atoms with Crippen molar-refractivity contribution in [1.29, 1.82) is 0 Å². The van der Waals surface area contributed by atoms with E-state index in [2.05, 4.69) is 20.5 Å². The Bertz CT molecular complexity index is 877. The van der Waals surface area contributed by atoms with Gasteiger partial charge in [-0.1, -0.05) is 30.0 Å². The predicted octanol–water partition coefficient (Wildman–Crippen LogP) is 3.87. The molecule has 26 heavy (non-hydrogen) atoms. The second kappa shape index (κ2) is 7.70. The zero-order chi connectivity index (χ0) is 18.6. The van der Waals surface area contributed by atoms with Gasteiger partial charge in [0.1, 0.15) is 0 Å². The molecular weight excluding hydrogens is 346 g/mol. The van der Waals surface area contributed by atoms with Crippen LogP contribution in [0.25, 0.3) is 11.4 Å². The summed E-state index contributed by atoms with van der Waals surface area (Å²) in [4.78, 5) is 16.8. The van der Waals surface area contributed by atoms with E-state index in [-0.39, 0.29) is 5.91 Å². The zero-order valence-corrected chi connectivity index (χ0v) is 15.8. The number of nitrogens with one attached hydrogen (secondary N) is 1. The SMILES string of the molecule is CCn1c(SC(C)(C)C(=O)Nc2ccccc2)nnc1-c1ccncc1. The fraction of sp³-hybridized carbons (Fsp3) is 0.263. The molecule has 0 saturated heterocycles. The molecule has 1 N–H and O–H groups in total. The van der Waals surface area contributed by atoms with Gasteiger partial charge < -0.3 is 9.88 Å². The van der Waals surface area contributed by atoms with Crippen LogP contribution >= 0.6 is 11.8 Å². The fourth-order valence-corrected chi connectivity index (χ4v) is 3.45. The van der Waals surface area contributed by atoms with E-state index < -0.39 is 4.75 Å². The van der Waals surface area contributed by atoms with Crippen LogP contribution in [-0.2, 0) is 11.3 Å². The summed E-state index contributed by atoms with van der Waals surface area (Å²) in [6.45, 7) is 6.52. The normalized spacial score (nSPS) is 11.3. The van der Waals surface area contributed by atoms with Crippen molar-refractivity contribution in [2.24, 2.45) is 0 Å². The largest absolute Gasteiger partial charge is 0.325 e. The molecule has 0 bridgehead atoms. The number of hydrogen-bond acceptors (Lipinski definition) is 5. The second-order valence-corrected chi connectivity index (χ2v) is 7.81. The molecule has 1 amide bonds. The van der Waals surface area contributed by atoms with E-state index in [1.54, 1.807) is 12.4 Å². The standard InChI is InChI=1S/C19H21N5OS/c1-4-24-16(14-10-12-20-13-11-14)22-23-18(24)26-19(2,3)17(25)21-15-8-6-5-7-9-15/h5-13H,4H2,1-3H3,(H,21,25). The number of rotatable bonds is 6. The highest BCUT2D eigenvalue weighted by molar-refractivity contribution is 8.01. The molecule has 0 aliphatic heterocycles. The van der Waals surface area contributed by atoms with Crippen molar-refractivity contribution < 1.29 is 4.79 Å². The lowest BCUT2D eigenvalue weighted by Gasteiger charge is -2.22. The van der Waals surface area contributed by atoms with Gasteiger partial charge in [0.25, 0.3) is 0 Å². The third-order valence-corrected chi connectivity index (χ3v) is 5.08. The quantitative estimate of drug-likeness (QED) is 0.670. The van der Waals surface area contributed by atoms with Crippen LogP contribution in [0, 0.1) is 0 Å². The molecule has 0 aliphatic rings. The molecule has 0 saturated carbocycles. The number of carbonyl (C=O) groups excluding carboxylic acids is 1. The zero-order valence-electron chi connectivity index (χ0n) is 15.0. The maximum atomic E-state index is 12.7. The number of benzene rings is 1. The van der Waals surface area contributed by atoms with Gasteiger partial charge in [-0.25, -0.2) is 0 Å². The van der Waals surface area contributed by atoms with Crippen molar-refractivity contribution in [1.82, 2.24) is 19.7 Å². The molecule has 0 unspecified atom stereocenters. The van der Waals surface area contributed by atoms with Gasteiger partial charge in [0.15, 0.2) is 11.0 Å². The molecule has 3 aromatic rings. The Morgan fingerprint density at radius 3 is 2.46 bits per heavy atom. The smallest absolute Gasteiger partial charge is 0.240 e. The van der Waals surface area contributed by atoms with Crippen LogP contribution in [0.5, 0.6) is 0 Å². The van der Waals surface area contributed by atoms with Crippen LogP contribution in [0.3, 0.4) is 0 Å². The highest BCUT2D eigenvalue weighted by Crippen LogP contribution is 2.34. The number of amides is 1. The van der Waals surface area contributed by atoms with E-state index in [1.165, 1.54) is 11.8 Å². The molecule has 0 atom stereocenters.